The van der Waals surface area contributed by atoms with Crippen molar-refractivity contribution in [2.24, 2.45) is 5.73 Å². The van der Waals surface area contributed by atoms with Gasteiger partial charge in [-0.15, -0.1) is 0 Å². The Morgan fingerprint density at radius 2 is 2.16 bits per heavy atom. The lowest BCUT2D eigenvalue weighted by Crippen LogP contribution is -2.52. The monoisotopic (exact) mass is 263 g/mol. The van der Waals surface area contributed by atoms with Gasteiger partial charge < -0.3 is 21.1 Å². The van der Waals surface area contributed by atoms with Crippen LogP contribution < -0.4 is 16.4 Å². The molecule has 19 heavy (non-hydrogen) atoms. The van der Waals surface area contributed by atoms with E-state index in [-0.39, 0.29) is 12.4 Å². The Balaban J connectivity index is 2.36. The van der Waals surface area contributed by atoms with Gasteiger partial charge in [0.25, 0.3) is 0 Å². The maximum Gasteiger partial charge on any atom is 0.242 e. The van der Waals surface area contributed by atoms with E-state index in [0.717, 1.165) is 5.69 Å². The average Bonchev–Trinajstić information content (AvgIpc) is 2.39. The van der Waals surface area contributed by atoms with Crippen LogP contribution in [0.1, 0.15) is 17.3 Å². The zero-order valence-corrected chi connectivity index (χ0v) is 10.8. The molecule has 1 heterocycles. The quantitative estimate of drug-likeness (QED) is 0.598. The van der Waals surface area contributed by atoms with Crippen molar-refractivity contribution in [1.82, 2.24) is 0 Å². The van der Waals surface area contributed by atoms with Gasteiger partial charge in [0.05, 0.1) is 13.2 Å². The molecule has 2 rings (SSSR count). The Morgan fingerprint density at radius 1 is 1.42 bits per heavy atom. The van der Waals surface area contributed by atoms with Crippen molar-refractivity contribution in [2.45, 2.75) is 13.0 Å². The molecular formula is C13H17N3O3. The van der Waals surface area contributed by atoms with E-state index < -0.39 is 11.9 Å². The van der Waals surface area contributed by atoms with Gasteiger partial charge >= 0.3 is 0 Å². The van der Waals surface area contributed by atoms with Gasteiger partial charge in [0, 0.05) is 23.5 Å². The molecular weight excluding hydrogens is 246 g/mol. The molecule has 1 unspecified atom stereocenters. The zero-order valence-electron chi connectivity index (χ0n) is 10.8. The average molecular weight is 263 g/mol. The van der Waals surface area contributed by atoms with Crippen molar-refractivity contribution >= 4 is 23.1 Å². The maximum atomic E-state index is 11.5. The highest BCUT2D eigenvalue weighted by Crippen LogP contribution is 2.24. The number of carbonyl (C=O) groups excluding carboxylic acids is 2. The van der Waals surface area contributed by atoms with Crippen molar-refractivity contribution in [2.75, 3.05) is 30.4 Å². The standard InChI is InChI=1S/C13H17N3O3/c1-8(17)10-6-9(2-3-11(10)14)16-4-5-19-7-12(16)13(15)18/h2-3,6,12H,4-5,7,14H2,1H3,(H2,15,18). The lowest BCUT2D eigenvalue weighted by Gasteiger charge is -2.35. The molecule has 6 nitrogen and oxygen atoms in total. The molecule has 1 amide bonds. The fourth-order valence-corrected chi connectivity index (χ4v) is 2.18. The highest BCUT2D eigenvalue weighted by molar-refractivity contribution is 6.00. The molecule has 0 bridgehead atoms. The number of nitrogens with two attached hydrogens (primary N) is 2. The van der Waals surface area contributed by atoms with E-state index in [4.69, 9.17) is 16.2 Å². The topological polar surface area (TPSA) is 98.6 Å². The SMILES string of the molecule is CC(=O)c1cc(N2CCOCC2C(N)=O)ccc1N. The van der Waals surface area contributed by atoms with Gasteiger partial charge in [-0.05, 0) is 25.1 Å². The molecule has 0 aliphatic carbocycles. The second-order valence-electron chi connectivity index (χ2n) is 4.51. The fraction of sp³-hybridized carbons (Fsp3) is 0.385. The first-order valence-electron chi connectivity index (χ1n) is 6.05. The molecule has 1 atom stereocenters. The normalized spacial score (nSPS) is 19.2. The summed E-state index contributed by atoms with van der Waals surface area (Å²) in [5, 5.41) is 0. The lowest BCUT2D eigenvalue weighted by atomic mass is 10.1. The number of nitrogens with zero attached hydrogens (tertiary/aromatic N) is 1. The smallest absolute Gasteiger partial charge is 0.242 e. The minimum atomic E-state index is -0.516. The van der Waals surface area contributed by atoms with Crippen LogP contribution in [-0.4, -0.2) is 37.5 Å². The molecule has 1 aliphatic rings. The molecule has 1 aromatic rings. The number of anilines is 2. The Hall–Kier alpha value is -2.08. The number of primary amides is 1. The van der Waals surface area contributed by atoms with Crippen molar-refractivity contribution in [1.29, 1.82) is 0 Å². The number of benzene rings is 1. The number of rotatable bonds is 3. The summed E-state index contributed by atoms with van der Waals surface area (Å²) in [6.45, 7) is 2.79. The van der Waals surface area contributed by atoms with E-state index in [0.29, 0.717) is 24.4 Å². The number of hydrogen-bond acceptors (Lipinski definition) is 5. The molecule has 0 spiro atoms. The first-order valence-corrected chi connectivity index (χ1v) is 6.05. The van der Waals surface area contributed by atoms with Crippen LogP contribution in [0.4, 0.5) is 11.4 Å². The molecule has 1 aromatic carbocycles. The number of carbonyl (C=O) groups is 2. The highest BCUT2D eigenvalue weighted by Gasteiger charge is 2.28. The van der Waals surface area contributed by atoms with Crippen LogP contribution in [0.15, 0.2) is 18.2 Å². The molecule has 0 saturated carbocycles. The van der Waals surface area contributed by atoms with Gasteiger partial charge in [0.15, 0.2) is 5.78 Å². The van der Waals surface area contributed by atoms with Gasteiger partial charge in [-0.25, -0.2) is 0 Å². The summed E-state index contributed by atoms with van der Waals surface area (Å²) in [6, 6.07) is 4.62. The number of ketones is 1. The van der Waals surface area contributed by atoms with Crippen molar-refractivity contribution < 1.29 is 14.3 Å². The summed E-state index contributed by atoms with van der Waals surface area (Å²) in [4.78, 5) is 24.8. The molecule has 1 saturated heterocycles. The summed E-state index contributed by atoms with van der Waals surface area (Å²) in [6.07, 6.45) is 0. The third-order valence-electron chi connectivity index (χ3n) is 3.20. The molecule has 102 valence electrons. The number of nitrogen functional groups attached to an aromatic ring is 1. The van der Waals surface area contributed by atoms with E-state index in [1.165, 1.54) is 6.92 Å². The van der Waals surface area contributed by atoms with Crippen LogP contribution in [0.3, 0.4) is 0 Å². The number of Topliss-reactive ketones (excluding diaryl/α,β-unsaturated/α-hetero) is 1. The predicted molar refractivity (Wildman–Crippen MR) is 72.0 cm³/mol. The van der Waals surface area contributed by atoms with Crippen LogP contribution in [0.2, 0.25) is 0 Å². The fourth-order valence-electron chi connectivity index (χ4n) is 2.18. The van der Waals surface area contributed by atoms with E-state index in [2.05, 4.69) is 0 Å². The second-order valence-corrected chi connectivity index (χ2v) is 4.51. The largest absolute Gasteiger partial charge is 0.398 e. The minimum Gasteiger partial charge on any atom is -0.398 e. The van der Waals surface area contributed by atoms with Crippen LogP contribution in [0.5, 0.6) is 0 Å². The third kappa shape index (κ3) is 2.68. The number of morpholine rings is 1. The summed E-state index contributed by atoms with van der Waals surface area (Å²) >= 11 is 0. The summed E-state index contributed by atoms with van der Waals surface area (Å²) < 4.78 is 5.26. The lowest BCUT2D eigenvalue weighted by molar-refractivity contribution is -0.121. The molecule has 1 fully saturated rings. The first kappa shape index (κ1) is 13.4. The molecule has 0 aromatic heterocycles. The maximum absolute atomic E-state index is 11.5. The molecule has 1 aliphatic heterocycles. The van der Waals surface area contributed by atoms with E-state index in [1.54, 1.807) is 18.2 Å². The second kappa shape index (κ2) is 5.27. The van der Waals surface area contributed by atoms with Crippen molar-refractivity contribution in [3.05, 3.63) is 23.8 Å². The van der Waals surface area contributed by atoms with Gasteiger partial charge in [0.2, 0.25) is 5.91 Å². The summed E-state index contributed by atoms with van der Waals surface area (Å²) in [5.74, 6) is -0.552. The van der Waals surface area contributed by atoms with Crippen molar-refractivity contribution in [3.8, 4) is 0 Å². The Morgan fingerprint density at radius 3 is 2.79 bits per heavy atom. The summed E-state index contributed by atoms with van der Waals surface area (Å²) in [5.41, 5.74) is 12.8. The molecule has 4 N–H and O–H groups in total. The van der Waals surface area contributed by atoms with E-state index >= 15 is 0 Å². The van der Waals surface area contributed by atoms with Crippen LogP contribution in [0.25, 0.3) is 0 Å². The zero-order chi connectivity index (χ0) is 14.0. The van der Waals surface area contributed by atoms with Crippen LogP contribution in [-0.2, 0) is 9.53 Å². The van der Waals surface area contributed by atoms with Gasteiger partial charge in [0.1, 0.15) is 6.04 Å². The van der Waals surface area contributed by atoms with Crippen LogP contribution in [0, 0.1) is 0 Å². The van der Waals surface area contributed by atoms with Gasteiger partial charge in [-0.2, -0.15) is 0 Å². The third-order valence-corrected chi connectivity index (χ3v) is 3.20. The Labute approximate surface area is 111 Å². The first-order chi connectivity index (χ1) is 9.00. The highest BCUT2D eigenvalue weighted by atomic mass is 16.5. The minimum absolute atomic E-state index is 0.108. The molecule has 6 heteroatoms. The Bertz CT molecular complexity index is 516. The van der Waals surface area contributed by atoms with Crippen molar-refractivity contribution in [3.63, 3.8) is 0 Å². The summed E-state index contributed by atoms with van der Waals surface area (Å²) in [7, 11) is 0. The van der Waals surface area contributed by atoms with Gasteiger partial charge in [-0.3, -0.25) is 9.59 Å². The number of ether oxygens (including phenoxy) is 1. The van der Waals surface area contributed by atoms with E-state index in [1.807, 2.05) is 4.90 Å². The number of amides is 1. The van der Waals surface area contributed by atoms with Gasteiger partial charge in [-0.1, -0.05) is 0 Å². The number of hydrogen-bond donors (Lipinski definition) is 2. The molecule has 0 radical (unpaired) electrons. The Kier molecular flexibility index (Phi) is 3.71. The predicted octanol–water partition coefficient (Wildman–Crippen LogP) is 0.162. The van der Waals surface area contributed by atoms with Crippen LogP contribution >= 0.6 is 0 Å². The van der Waals surface area contributed by atoms with E-state index in [9.17, 15) is 9.59 Å².